The van der Waals surface area contributed by atoms with Crippen molar-refractivity contribution in [1.29, 1.82) is 0 Å². The van der Waals surface area contributed by atoms with Crippen molar-refractivity contribution in [2.45, 2.75) is 57.5 Å². The van der Waals surface area contributed by atoms with E-state index < -0.39 is 0 Å². The maximum atomic E-state index is 12.4. The van der Waals surface area contributed by atoms with Crippen LogP contribution in [0.3, 0.4) is 0 Å². The molecule has 6 heteroatoms. The van der Waals surface area contributed by atoms with Crippen LogP contribution in [-0.2, 0) is 9.53 Å². The molecule has 0 bridgehead atoms. The minimum absolute atomic E-state index is 0.0865. The molecule has 0 unspecified atom stereocenters. The first-order valence-electron chi connectivity index (χ1n) is 9.72. The van der Waals surface area contributed by atoms with Crippen LogP contribution >= 0.6 is 0 Å². The van der Waals surface area contributed by atoms with Gasteiger partial charge in [-0.2, -0.15) is 0 Å². The lowest BCUT2D eigenvalue weighted by Gasteiger charge is -2.13. The molecule has 0 radical (unpaired) electrons. The van der Waals surface area contributed by atoms with E-state index in [0.29, 0.717) is 30.0 Å². The van der Waals surface area contributed by atoms with E-state index in [1.807, 2.05) is 6.07 Å². The summed E-state index contributed by atoms with van der Waals surface area (Å²) in [5, 5.41) is 2.78. The van der Waals surface area contributed by atoms with Crippen LogP contribution < -0.4 is 10.1 Å². The largest absolute Gasteiger partial charge is 0.477 e. The molecule has 0 aliphatic heterocycles. The molecule has 0 spiro atoms. The van der Waals surface area contributed by atoms with Crippen molar-refractivity contribution in [2.75, 3.05) is 13.2 Å². The molecule has 1 aromatic rings. The third-order valence-electron chi connectivity index (χ3n) is 5.07. The Bertz CT molecular complexity index is 693. The number of aromatic nitrogens is 1. The van der Waals surface area contributed by atoms with E-state index in [2.05, 4.69) is 10.3 Å². The first kappa shape index (κ1) is 17.3. The van der Waals surface area contributed by atoms with Crippen LogP contribution in [0.4, 0.5) is 0 Å². The summed E-state index contributed by atoms with van der Waals surface area (Å²) in [5.41, 5.74) is 1.45. The van der Waals surface area contributed by atoms with Crippen molar-refractivity contribution >= 4 is 11.9 Å². The second-order valence-electron chi connectivity index (χ2n) is 7.87. The maximum Gasteiger partial charge on any atom is 0.310 e. The average Bonchev–Trinajstić information content (AvgIpc) is 3.47. The van der Waals surface area contributed by atoms with Crippen LogP contribution in [0.2, 0.25) is 0 Å². The van der Waals surface area contributed by atoms with Gasteiger partial charge >= 0.3 is 5.97 Å². The highest BCUT2D eigenvalue weighted by atomic mass is 16.5. The van der Waals surface area contributed by atoms with Gasteiger partial charge in [0.2, 0.25) is 5.88 Å². The fraction of sp³-hybridized carbons (Fsp3) is 0.650. The van der Waals surface area contributed by atoms with Crippen LogP contribution in [0.1, 0.15) is 67.4 Å². The Morgan fingerprint density at radius 1 is 1.19 bits per heavy atom. The van der Waals surface area contributed by atoms with Crippen molar-refractivity contribution in [3.05, 3.63) is 23.4 Å². The minimum Gasteiger partial charge on any atom is -0.477 e. The van der Waals surface area contributed by atoms with Gasteiger partial charge in [0.25, 0.3) is 5.91 Å². The van der Waals surface area contributed by atoms with E-state index in [1.54, 1.807) is 13.0 Å². The zero-order valence-corrected chi connectivity index (χ0v) is 15.2. The molecule has 3 saturated carbocycles. The van der Waals surface area contributed by atoms with Gasteiger partial charge in [-0.1, -0.05) is 13.0 Å². The molecule has 3 aliphatic rings. The fourth-order valence-corrected chi connectivity index (χ4v) is 2.77. The molecule has 1 heterocycles. The van der Waals surface area contributed by atoms with Gasteiger partial charge in [0.15, 0.2) is 0 Å². The van der Waals surface area contributed by atoms with E-state index in [1.165, 1.54) is 12.8 Å². The van der Waals surface area contributed by atoms with E-state index in [4.69, 9.17) is 9.47 Å². The van der Waals surface area contributed by atoms with Gasteiger partial charge in [-0.3, -0.25) is 9.59 Å². The number of esters is 1. The van der Waals surface area contributed by atoms with Gasteiger partial charge in [0, 0.05) is 12.1 Å². The highest BCUT2D eigenvalue weighted by Gasteiger charge is 2.30. The molecule has 6 nitrogen and oxygen atoms in total. The standard InChI is InChI=1S/C20H26N2O4/c1-12(20(24)26-15-6-7-15)10-21-18(23)17-9-8-16(14-4-5-14)19(22-17)25-11-13-2-3-13/h8-9,12-15H,2-7,10-11H2,1H3,(H,21,23)/t12-/m0/s1. The van der Waals surface area contributed by atoms with Crippen LogP contribution in [0, 0.1) is 11.8 Å². The Hall–Kier alpha value is -2.11. The number of amides is 1. The summed E-state index contributed by atoms with van der Waals surface area (Å²) in [7, 11) is 0. The lowest BCUT2D eigenvalue weighted by Crippen LogP contribution is -2.33. The molecular formula is C20H26N2O4. The first-order chi connectivity index (χ1) is 12.6. The second-order valence-corrected chi connectivity index (χ2v) is 7.87. The van der Waals surface area contributed by atoms with Crippen LogP contribution in [0.25, 0.3) is 0 Å². The van der Waals surface area contributed by atoms with E-state index in [9.17, 15) is 9.59 Å². The predicted molar refractivity (Wildman–Crippen MR) is 95.0 cm³/mol. The van der Waals surface area contributed by atoms with E-state index in [-0.39, 0.29) is 30.4 Å². The van der Waals surface area contributed by atoms with Gasteiger partial charge in [0.05, 0.1) is 12.5 Å². The van der Waals surface area contributed by atoms with Gasteiger partial charge in [-0.15, -0.1) is 0 Å². The zero-order valence-electron chi connectivity index (χ0n) is 15.2. The predicted octanol–water partition coefficient (Wildman–Crippen LogP) is 2.82. The van der Waals surface area contributed by atoms with Crippen LogP contribution in [-0.4, -0.2) is 36.1 Å². The molecule has 1 amide bonds. The topological polar surface area (TPSA) is 77.5 Å². The quantitative estimate of drug-likeness (QED) is 0.687. The number of nitrogens with one attached hydrogen (secondary N) is 1. The smallest absolute Gasteiger partial charge is 0.310 e. The number of ether oxygens (including phenoxy) is 2. The Morgan fingerprint density at radius 3 is 2.62 bits per heavy atom. The van der Waals surface area contributed by atoms with Crippen molar-refractivity contribution < 1.29 is 19.1 Å². The summed E-state index contributed by atoms with van der Waals surface area (Å²) < 4.78 is 11.2. The Labute approximate surface area is 153 Å². The molecule has 3 fully saturated rings. The molecule has 3 aliphatic carbocycles. The third-order valence-corrected chi connectivity index (χ3v) is 5.07. The molecular weight excluding hydrogens is 332 g/mol. The van der Waals surface area contributed by atoms with Gasteiger partial charge in [0.1, 0.15) is 11.8 Å². The zero-order chi connectivity index (χ0) is 18.1. The highest BCUT2D eigenvalue weighted by molar-refractivity contribution is 5.92. The summed E-state index contributed by atoms with van der Waals surface area (Å²) in [5.74, 6) is 0.864. The Morgan fingerprint density at radius 2 is 1.96 bits per heavy atom. The number of carbonyl (C=O) groups is 2. The normalized spacial score (nSPS) is 20.3. The van der Waals surface area contributed by atoms with Crippen LogP contribution in [0.15, 0.2) is 12.1 Å². The number of pyridine rings is 1. The van der Waals surface area contributed by atoms with Gasteiger partial charge in [-0.25, -0.2) is 4.98 Å². The second kappa shape index (κ2) is 7.25. The monoisotopic (exact) mass is 358 g/mol. The summed E-state index contributed by atoms with van der Waals surface area (Å²) in [4.78, 5) is 28.8. The molecule has 140 valence electrons. The van der Waals surface area contributed by atoms with Crippen molar-refractivity contribution in [3.8, 4) is 5.88 Å². The highest BCUT2D eigenvalue weighted by Crippen LogP contribution is 2.44. The van der Waals surface area contributed by atoms with Crippen molar-refractivity contribution in [3.63, 3.8) is 0 Å². The fourth-order valence-electron chi connectivity index (χ4n) is 2.77. The third kappa shape index (κ3) is 4.54. The minimum atomic E-state index is -0.365. The molecule has 26 heavy (non-hydrogen) atoms. The molecule has 4 rings (SSSR count). The average molecular weight is 358 g/mol. The number of hydrogen-bond acceptors (Lipinski definition) is 5. The number of rotatable bonds is 9. The van der Waals surface area contributed by atoms with Crippen molar-refractivity contribution in [1.82, 2.24) is 10.3 Å². The van der Waals surface area contributed by atoms with E-state index >= 15 is 0 Å². The lowest BCUT2D eigenvalue weighted by molar-refractivity contribution is -0.148. The van der Waals surface area contributed by atoms with Crippen LogP contribution in [0.5, 0.6) is 5.88 Å². The summed E-state index contributed by atoms with van der Waals surface area (Å²) in [6, 6.07) is 3.72. The molecule has 1 atom stereocenters. The number of carbonyl (C=O) groups excluding carboxylic acids is 2. The van der Waals surface area contributed by atoms with Gasteiger partial charge in [-0.05, 0) is 56.4 Å². The van der Waals surface area contributed by atoms with Gasteiger partial charge < -0.3 is 14.8 Å². The summed E-state index contributed by atoms with van der Waals surface area (Å²) >= 11 is 0. The Kier molecular flexibility index (Phi) is 4.83. The molecule has 0 saturated heterocycles. The van der Waals surface area contributed by atoms with E-state index in [0.717, 1.165) is 31.2 Å². The SMILES string of the molecule is C[C@@H](CNC(=O)c1ccc(C2CC2)c(OCC2CC2)n1)C(=O)OC1CC1. The first-order valence-corrected chi connectivity index (χ1v) is 9.72. The Balaban J connectivity index is 1.35. The number of hydrogen-bond donors (Lipinski definition) is 1. The lowest BCUT2D eigenvalue weighted by atomic mass is 10.1. The number of nitrogens with zero attached hydrogens (tertiary/aromatic N) is 1. The molecule has 1 aromatic heterocycles. The maximum absolute atomic E-state index is 12.4. The summed E-state index contributed by atoms with van der Waals surface area (Å²) in [6.45, 7) is 2.69. The molecule has 0 aromatic carbocycles. The molecule has 1 N–H and O–H groups in total. The summed E-state index contributed by atoms with van der Waals surface area (Å²) in [6.07, 6.45) is 6.74. The van der Waals surface area contributed by atoms with Crippen molar-refractivity contribution in [2.24, 2.45) is 11.8 Å².